The van der Waals surface area contributed by atoms with Crippen molar-refractivity contribution >= 4 is 34.5 Å². The monoisotopic (exact) mass is 520 g/mol. The maximum Gasteiger partial charge on any atom is 0.338 e. The van der Waals surface area contributed by atoms with Crippen molar-refractivity contribution in [3.63, 3.8) is 0 Å². The lowest BCUT2D eigenvalue weighted by Crippen LogP contribution is -2.49. The molecule has 3 aliphatic heterocycles. The van der Waals surface area contributed by atoms with Crippen LogP contribution in [0.2, 0.25) is 0 Å². The summed E-state index contributed by atoms with van der Waals surface area (Å²) in [5.41, 5.74) is 4.49. The average Bonchev–Trinajstić information content (AvgIpc) is 3.30. The number of allylic oxidation sites excluding steroid dienone is 1. The highest BCUT2D eigenvalue weighted by Gasteiger charge is 2.41. The molecule has 0 radical (unpaired) electrons. The van der Waals surface area contributed by atoms with Crippen LogP contribution in [0, 0.1) is 12.7 Å². The van der Waals surface area contributed by atoms with Gasteiger partial charge in [0.1, 0.15) is 5.82 Å². The Balaban J connectivity index is 1.35. The number of methoxy groups -OCH3 is 1. The number of fused-ring (bicyclic) bond motifs is 1. The number of benzene rings is 2. The van der Waals surface area contributed by atoms with Crippen molar-refractivity contribution in [2.24, 2.45) is 4.99 Å². The number of carbonyl (C=O) groups is 2. The predicted molar refractivity (Wildman–Crippen MR) is 143 cm³/mol. The van der Waals surface area contributed by atoms with Crippen molar-refractivity contribution in [1.29, 1.82) is 0 Å². The molecule has 0 aliphatic carbocycles. The van der Waals surface area contributed by atoms with Crippen LogP contribution in [0.3, 0.4) is 0 Å². The molecular formula is C28H29FN4O3S. The molecule has 0 bridgehead atoms. The molecule has 5 rings (SSSR count). The molecule has 7 nitrogen and oxygen atoms in total. The summed E-state index contributed by atoms with van der Waals surface area (Å²) in [5.74, 6) is -0.688. The normalized spacial score (nSPS) is 19.5. The topological polar surface area (TPSA) is 65.5 Å². The lowest BCUT2D eigenvalue weighted by Gasteiger charge is -2.38. The van der Waals surface area contributed by atoms with Crippen molar-refractivity contribution < 1.29 is 18.7 Å². The first kappa shape index (κ1) is 25.1. The number of piperazine rings is 1. The predicted octanol–water partition coefficient (Wildman–Crippen LogP) is 4.62. The molecule has 1 fully saturated rings. The van der Waals surface area contributed by atoms with E-state index in [2.05, 4.69) is 4.99 Å². The van der Waals surface area contributed by atoms with Crippen LogP contribution >= 0.6 is 11.8 Å². The van der Waals surface area contributed by atoms with E-state index in [1.807, 2.05) is 64.3 Å². The van der Waals surface area contributed by atoms with E-state index in [0.29, 0.717) is 43.1 Å². The quantitative estimate of drug-likeness (QED) is 0.536. The van der Waals surface area contributed by atoms with Gasteiger partial charge < -0.3 is 19.4 Å². The fourth-order valence-corrected chi connectivity index (χ4v) is 5.94. The van der Waals surface area contributed by atoms with Gasteiger partial charge in [-0.3, -0.25) is 4.79 Å². The second-order valence-corrected chi connectivity index (χ2v) is 10.1. The lowest BCUT2D eigenvalue weighted by molar-refractivity contribution is -0.136. The molecular weight excluding hydrogens is 491 g/mol. The smallest absolute Gasteiger partial charge is 0.338 e. The summed E-state index contributed by atoms with van der Waals surface area (Å²) in [6.45, 7) is 6.00. The summed E-state index contributed by atoms with van der Waals surface area (Å²) < 4.78 is 19.3. The van der Waals surface area contributed by atoms with Gasteiger partial charge in [-0.25, -0.2) is 14.2 Å². The third-order valence-corrected chi connectivity index (χ3v) is 7.85. The number of esters is 1. The Morgan fingerprint density at radius 1 is 1.05 bits per heavy atom. The number of amides is 1. The summed E-state index contributed by atoms with van der Waals surface area (Å²) in [6, 6.07) is 14.3. The molecule has 37 heavy (non-hydrogen) atoms. The van der Waals surface area contributed by atoms with Gasteiger partial charge in [-0.1, -0.05) is 53.7 Å². The summed E-state index contributed by atoms with van der Waals surface area (Å²) >= 11 is 1.46. The largest absolute Gasteiger partial charge is 0.466 e. The lowest BCUT2D eigenvalue weighted by atomic mass is 9.93. The number of carbonyl (C=O) groups excluding carboxylic acids is 2. The van der Waals surface area contributed by atoms with Crippen LogP contribution in [-0.2, 0) is 14.3 Å². The van der Waals surface area contributed by atoms with Gasteiger partial charge >= 0.3 is 5.97 Å². The number of nitrogens with zero attached hydrogens (tertiary/aromatic N) is 4. The molecule has 9 heteroatoms. The van der Waals surface area contributed by atoms with Crippen molar-refractivity contribution in [1.82, 2.24) is 9.80 Å². The first-order valence-electron chi connectivity index (χ1n) is 12.2. The minimum absolute atomic E-state index is 0.00478. The molecule has 0 aromatic heterocycles. The van der Waals surface area contributed by atoms with E-state index in [4.69, 9.17) is 4.74 Å². The van der Waals surface area contributed by atoms with Crippen molar-refractivity contribution in [2.75, 3.05) is 38.2 Å². The summed E-state index contributed by atoms with van der Waals surface area (Å²) in [5, 5.41) is 2.68. The van der Waals surface area contributed by atoms with Crippen molar-refractivity contribution in [3.05, 3.63) is 87.9 Å². The molecule has 2 aromatic rings. The number of aryl methyl sites for hydroxylation is 1. The molecule has 0 N–H and O–H groups in total. The van der Waals surface area contributed by atoms with E-state index in [-0.39, 0.29) is 18.1 Å². The zero-order chi connectivity index (χ0) is 26.1. The molecule has 3 aliphatic rings. The third-order valence-electron chi connectivity index (χ3n) is 6.96. The van der Waals surface area contributed by atoms with E-state index < -0.39 is 12.0 Å². The summed E-state index contributed by atoms with van der Waals surface area (Å²) in [6.07, 6.45) is 0.182. The molecule has 0 spiro atoms. The Hall–Kier alpha value is -3.59. The van der Waals surface area contributed by atoms with Gasteiger partial charge in [-0.05, 0) is 37.0 Å². The van der Waals surface area contributed by atoms with Gasteiger partial charge in [0.05, 0.1) is 36.5 Å². The summed E-state index contributed by atoms with van der Waals surface area (Å²) in [7, 11) is 1.37. The van der Waals surface area contributed by atoms with Crippen LogP contribution in [0.1, 0.15) is 30.5 Å². The molecule has 1 unspecified atom stereocenters. The Labute approximate surface area is 220 Å². The van der Waals surface area contributed by atoms with Crippen LogP contribution in [0.4, 0.5) is 10.1 Å². The maximum atomic E-state index is 14.2. The summed E-state index contributed by atoms with van der Waals surface area (Å²) in [4.78, 5) is 36.7. The zero-order valence-corrected chi connectivity index (χ0v) is 21.9. The maximum absolute atomic E-state index is 14.2. The second kappa shape index (κ2) is 10.4. The number of anilines is 1. The van der Waals surface area contributed by atoms with E-state index in [0.717, 1.165) is 22.0 Å². The number of hydrogen-bond acceptors (Lipinski definition) is 7. The fourth-order valence-electron chi connectivity index (χ4n) is 4.98. The van der Waals surface area contributed by atoms with Gasteiger partial charge in [0.25, 0.3) is 0 Å². The molecule has 1 atom stereocenters. The third kappa shape index (κ3) is 4.87. The number of thioether (sulfide) groups is 1. The number of para-hydroxylation sites is 1. The highest BCUT2D eigenvalue weighted by molar-refractivity contribution is 8.16. The minimum Gasteiger partial charge on any atom is -0.466 e. The van der Waals surface area contributed by atoms with Crippen molar-refractivity contribution in [3.8, 4) is 0 Å². The van der Waals surface area contributed by atoms with Gasteiger partial charge in [0.2, 0.25) is 5.91 Å². The van der Waals surface area contributed by atoms with Crippen LogP contribution in [-0.4, -0.2) is 60.1 Å². The highest BCUT2D eigenvalue weighted by Crippen LogP contribution is 2.45. The number of halogens is 1. The van der Waals surface area contributed by atoms with Gasteiger partial charge in [-0.15, -0.1) is 0 Å². The molecule has 192 valence electrons. The number of aliphatic imine (C=N–C) groups is 1. The van der Waals surface area contributed by atoms with Gasteiger partial charge in [0.15, 0.2) is 5.17 Å². The van der Waals surface area contributed by atoms with Crippen LogP contribution in [0.15, 0.2) is 75.9 Å². The molecule has 2 aromatic carbocycles. The standard InChI is InChI=1S/C28H29FN4O3S/c1-18-8-10-20(11-9-18)26-25(27(35)36-3)19(2)30-28-33(26)21(17-37-28)16-24(34)32-14-12-31(13-15-32)23-7-5-4-6-22(23)29/h4-11,17,26H,12-16H2,1-3H3. The van der Waals surface area contributed by atoms with E-state index in [1.165, 1.54) is 24.9 Å². The Kier molecular flexibility index (Phi) is 7.06. The minimum atomic E-state index is -0.437. The van der Waals surface area contributed by atoms with E-state index >= 15 is 0 Å². The van der Waals surface area contributed by atoms with Gasteiger partial charge in [-0.2, -0.15) is 0 Å². The molecule has 0 saturated carbocycles. The first-order chi connectivity index (χ1) is 17.9. The number of rotatable bonds is 5. The van der Waals surface area contributed by atoms with E-state index in [1.54, 1.807) is 12.1 Å². The second-order valence-electron chi connectivity index (χ2n) is 9.29. The fraction of sp³-hybridized carbons (Fsp3) is 0.321. The average molecular weight is 521 g/mol. The van der Waals surface area contributed by atoms with Gasteiger partial charge in [0, 0.05) is 31.9 Å². The first-order valence-corrected chi connectivity index (χ1v) is 13.1. The van der Waals surface area contributed by atoms with Crippen LogP contribution in [0.25, 0.3) is 0 Å². The van der Waals surface area contributed by atoms with Crippen LogP contribution in [0.5, 0.6) is 0 Å². The number of ether oxygens (including phenoxy) is 1. The number of hydrogen-bond donors (Lipinski definition) is 0. The Morgan fingerprint density at radius 2 is 1.76 bits per heavy atom. The zero-order valence-electron chi connectivity index (χ0n) is 21.1. The Bertz CT molecular complexity index is 1310. The van der Waals surface area contributed by atoms with Crippen LogP contribution < -0.4 is 4.90 Å². The van der Waals surface area contributed by atoms with Crippen molar-refractivity contribution in [2.45, 2.75) is 26.3 Å². The molecule has 1 saturated heterocycles. The highest BCUT2D eigenvalue weighted by atomic mass is 32.2. The molecule has 1 amide bonds. The number of amidine groups is 1. The van der Waals surface area contributed by atoms with E-state index in [9.17, 15) is 14.0 Å². The Morgan fingerprint density at radius 3 is 2.43 bits per heavy atom. The molecule has 3 heterocycles. The SMILES string of the molecule is COC(=O)C1=C(C)N=C2SC=C(CC(=O)N3CCN(c4ccccc4F)CC3)N2C1c1ccc(C)cc1.